The van der Waals surface area contributed by atoms with Crippen LogP contribution in [0.25, 0.3) is 0 Å². The van der Waals surface area contributed by atoms with Crippen LogP contribution in [-0.2, 0) is 19.1 Å². The molecule has 1 saturated heterocycles. The zero-order chi connectivity index (χ0) is 24.1. The molecule has 10 heteroatoms. The van der Waals surface area contributed by atoms with Gasteiger partial charge in [0.2, 0.25) is 0 Å². The summed E-state index contributed by atoms with van der Waals surface area (Å²) in [5.41, 5.74) is -2.07. The van der Waals surface area contributed by atoms with E-state index in [0.717, 1.165) is 0 Å². The van der Waals surface area contributed by atoms with Gasteiger partial charge in [-0.1, -0.05) is 13.8 Å². The van der Waals surface area contributed by atoms with Crippen molar-refractivity contribution in [3.8, 4) is 0 Å². The summed E-state index contributed by atoms with van der Waals surface area (Å²) in [7, 11) is 1.57. The molecule has 2 amide bonds. The third kappa shape index (κ3) is 6.07. The number of nitrogens with one attached hydrogen (secondary N) is 2. The molecule has 0 aromatic heterocycles. The van der Waals surface area contributed by atoms with Crippen molar-refractivity contribution in [2.24, 2.45) is 5.92 Å². The number of hydrogen-bond acceptors (Lipinski definition) is 8. The molecule has 1 atom stereocenters. The maximum Gasteiger partial charge on any atom is 0.410 e. The molecule has 3 rings (SSSR count). The monoisotopic (exact) mass is 452 g/mol. The lowest BCUT2D eigenvalue weighted by atomic mass is 9.80. The molecule has 2 bridgehead atoms. The molecular weight excluding hydrogens is 416 g/mol. The van der Waals surface area contributed by atoms with Crippen molar-refractivity contribution >= 4 is 23.8 Å². The van der Waals surface area contributed by atoms with Crippen molar-refractivity contribution in [1.82, 2.24) is 20.4 Å². The number of nitrogens with zero attached hydrogens (tertiary/aromatic N) is 2. The number of amides is 2. The molecule has 0 aromatic carbocycles. The molecule has 32 heavy (non-hydrogen) atoms. The van der Waals surface area contributed by atoms with Crippen LogP contribution in [0.1, 0.15) is 34.6 Å². The van der Waals surface area contributed by atoms with Crippen LogP contribution < -0.4 is 10.6 Å². The highest BCUT2D eigenvalue weighted by Crippen LogP contribution is 2.26. The summed E-state index contributed by atoms with van der Waals surface area (Å²) >= 11 is 0. The zero-order valence-electron chi connectivity index (χ0n) is 19.9. The Balaban J connectivity index is 2.30. The minimum atomic E-state index is -1.07. The topological polar surface area (TPSA) is 117 Å². The Morgan fingerprint density at radius 1 is 1.03 bits per heavy atom. The number of ketones is 2. The molecule has 1 fully saturated rings. The Hall–Kier alpha value is -2.46. The third-order valence-corrected chi connectivity index (χ3v) is 5.62. The fourth-order valence-electron chi connectivity index (χ4n) is 4.05. The van der Waals surface area contributed by atoms with Crippen molar-refractivity contribution < 1.29 is 28.7 Å². The summed E-state index contributed by atoms with van der Waals surface area (Å²) in [4.78, 5) is 53.7. The van der Waals surface area contributed by atoms with Gasteiger partial charge in [-0.05, 0) is 32.9 Å². The second-order valence-corrected chi connectivity index (χ2v) is 9.35. The number of Topliss-reactive ketones (excluding diaryl/α,β-unsaturated/α-hetero) is 2. The Morgan fingerprint density at radius 3 is 2.12 bits per heavy atom. The van der Waals surface area contributed by atoms with Gasteiger partial charge in [0.25, 0.3) is 0 Å². The average molecular weight is 453 g/mol. The van der Waals surface area contributed by atoms with Crippen LogP contribution in [0.2, 0.25) is 0 Å². The Bertz CT molecular complexity index is 760. The van der Waals surface area contributed by atoms with E-state index < -0.39 is 23.3 Å². The number of ether oxygens (including phenoxy) is 2. The summed E-state index contributed by atoms with van der Waals surface area (Å²) in [6.45, 7) is 9.44. The Labute approximate surface area is 189 Å². The van der Waals surface area contributed by atoms with E-state index in [-0.39, 0.29) is 62.9 Å². The maximum absolute atomic E-state index is 13.3. The number of carbonyl (C=O) groups is 4. The average Bonchev–Trinajstić information content (AvgIpc) is 2.67. The van der Waals surface area contributed by atoms with E-state index in [1.807, 2.05) is 13.8 Å². The van der Waals surface area contributed by atoms with Gasteiger partial charge in [-0.2, -0.15) is 0 Å². The summed E-state index contributed by atoms with van der Waals surface area (Å²) in [6, 6.07) is -0.0226. The van der Waals surface area contributed by atoms with Gasteiger partial charge in [0, 0.05) is 25.6 Å². The van der Waals surface area contributed by atoms with Crippen LogP contribution in [0.15, 0.2) is 12.2 Å². The van der Waals surface area contributed by atoms with Gasteiger partial charge in [-0.15, -0.1) is 0 Å². The number of likely N-dealkylation sites (N-methyl/N-ethyl adjacent to an activating group) is 1. The van der Waals surface area contributed by atoms with Crippen LogP contribution >= 0.6 is 0 Å². The van der Waals surface area contributed by atoms with Crippen molar-refractivity contribution in [2.75, 3.05) is 46.4 Å². The van der Waals surface area contributed by atoms with Crippen LogP contribution in [0.3, 0.4) is 0 Å². The number of fused-ring (bicyclic) bond motifs is 12. The first-order valence-electron chi connectivity index (χ1n) is 10.9. The Kier molecular flexibility index (Phi) is 8.41. The minimum absolute atomic E-state index is 0.0142. The molecule has 0 saturated carbocycles. The first kappa shape index (κ1) is 25.8. The second kappa shape index (κ2) is 10.4. The van der Waals surface area contributed by atoms with E-state index in [1.54, 1.807) is 40.0 Å². The largest absolute Gasteiger partial charge is 0.445 e. The van der Waals surface area contributed by atoms with E-state index >= 15 is 0 Å². The zero-order valence-corrected chi connectivity index (χ0v) is 19.9. The molecule has 0 aromatic rings. The van der Waals surface area contributed by atoms with Crippen LogP contribution in [-0.4, -0.2) is 97.1 Å². The van der Waals surface area contributed by atoms with E-state index in [4.69, 9.17) is 9.47 Å². The summed E-state index contributed by atoms with van der Waals surface area (Å²) in [6.07, 6.45) is 2.05. The molecule has 3 heterocycles. The number of carbonyl (C=O) groups excluding carboxylic acids is 4. The van der Waals surface area contributed by atoms with Gasteiger partial charge in [0.1, 0.15) is 18.8 Å². The van der Waals surface area contributed by atoms with Gasteiger partial charge in [0.15, 0.2) is 11.6 Å². The lowest BCUT2D eigenvalue weighted by Crippen LogP contribution is -2.76. The molecule has 0 radical (unpaired) electrons. The van der Waals surface area contributed by atoms with Crippen LogP contribution in [0.5, 0.6) is 0 Å². The predicted octanol–water partition coefficient (Wildman–Crippen LogP) is 0.956. The quantitative estimate of drug-likeness (QED) is 0.606. The molecule has 0 spiro atoms. The van der Waals surface area contributed by atoms with E-state index in [2.05, 4.69) is 10.6 Å². The molecule has 2 N–H and O–H groups in total. The summed E-state index contributed by atoms with van der Waals surface area (Å²) in [5.74, 6) is -0.535. The van der Waals surface area contributed by atoms with Crippen molar-refractivity contribution in [2.45, 2.75) is 51.7 Å². The van der Waals surface area contributed by atoms with E-state index in [1.165, 1.54) is 9.80 Å². The van der Waals surface area contributed by atoms with Crippen LogP contribution in [0.4, 0.5) is 9.59 Å². The molecule has 0 aliphatic carbocycles. The van der Waals surface area contributed by atoms with E-state index in [9.17, 15) is 19.2 Å². The smallest absolute Gasteiger partial charge is 0.410 e. The van der Waals surface area contributed by atoms with Crippen LogP contribution in [0, 0.1) is 5.92 Å². The maximum atomic E-state index is 13.3. The van der Waals surface area contributed by atoms with Gasteiger partial charge >= 0.3 is 12.2 Å². The fraction of sp³-hybridized carbons (Fsp3) is 0.727. The first-order valence-corrected chi connectivity index (χ1v) is 10.9. The van der Waals surface area contributed by atoms with E-state index in [0.29, 0.717) is 0 Å². The highest BCUT2D eigenvalue weighted by Gasteiger charge is 2.52. The van der Waals surface area contributed by atoms with Crippen molar-refractivity contribution in [3.05, 3.63) is 12.2 Å². The number of hydrogen-bond donors (Lipinski definition) is 2. The SMILES string of the molecule is CC(C)N[C@]1(C)CN(C)C(=O)OC/C=C/COC(=O)N2CC(C(=O)C(C)C)(C2)NCC1=O. The molecular formula is C22H36N4O6. The number of rotatable bonds is 4. The lowest BCUT2D eigenvalue weighted by Gasteiger charge is -2.49. The minimum Gasteiger partial charge on any atom is -0.445 e. The lowest BCUT2D eigenvalue weighted by molar-refractivity contribution is -0.136. The fourth-order valence-corrected chi connectivity index (χ4v) is 4.05. The summed E-state index contributed by atoms with van der Waals surface area (Å²) < 4.78 is 10.4. The molecule has 10 nitrogen and oxygen atoms in total. The molecule has 3 aliphatic rings. The van der Waals surface area contributed by atoms with Crippen molar-refractivity contribution in [1.29, 1.82) is 0 Å². The molecule has 180 valence electrons. The standard InChI is InChI=1S/C22H36N4O6/c1-15(2)18(28)22-13-26(14-22)20(30)32-10-8-7-9-31-19(29)25(6)12-21(5,24-16(3)4)17(27)11-23-22/h7-8,15-16,23-24H,9-14H2,1-6H3/b8-7+/t21-/m1/s1. The predicted molar refractivity (Wildman–Crippen MR) is 118 cm³/mol. The highest BCUT2D eigenvalue weighted by molar-refractivity contribution is 5.95. The summed E-state index contributed by atoms with van der Waals surface area (Å²) in [5, 5.41) is 6.37. The van der Waals surface area contributed by atoms with Crippen molar-refractivity contribution in [3.63, 3.8) is 0 Å². The van der Waals surface area contributed by atoms with Gasteiger partial charge in [-0.3, -0.25) is 14.9 Å². The second-order valence-electron chi connectivity index (χ2n) is 9.35. The third-order valence-electron chi connectivity index (χ3n) is 5.62. The molecule has 3 aliphatic heterocycles. The van der Waals surface area contributed by atoms with Gasteiger partial charge in [0.05, 0.1) is 25.2 Å². The first-order chi connectivity index (χ1) is 14.9. The Morgan fingerprint density at radius 2 is 1.59 bits per heavy atom. The van der Waals surface area contributed by atoms with Gasteiger partial charge < -0.3 is 24.6 Å². The molecule has 0 unspecified atom stereocenters. The van der Waals surface area contributed by atoms with Gasteiger partial charge in [-0.25, -0.2) is 9.59 Å². The normalized spacial score (nSPS) is 29.3. The highest BCUT2D eigenvalue weighted by atomic mass is 16.6.